The van der Waals surface area contributed by atoms with Crippen LogP contribution in [0.25, 0.3) is 0 Å². The van der Waals surface area contributed by atoms with Crippen LogP contribution in [0.4, 0.5) is 0 Å². The molecular formula is C14H20ClNO3S. The Kier molecular flexibility index (Phi) is 5.29. The number of sulfonamides is 1. The molecule has 1 aromatic carbocycles. The van der Waals surface area contributed by atoms with E-state index in [9.17, 15) is 8.42 Å². The summed E-state index contributed by atoms with van der Waals surface area (Å²) < 4.78 is 31.4. The van der Waals surface area contributed by atoms with Gasteiger partial charge in [-0.25, -0.2) is 12.7 Å². The number of nitrogens with zero attached hydrogens (tertiary/aromatic N) is 1. The standard InChI is InChI=1S/C14H20ClNO3S/c1-2-11-20(17,18)16-9-7-12(8-10-16)19-14-6-4-3-5-13(14)15/h3-6,12H,2,7-11H2,1H3. The van der Waals surface area contributed by atoms with Crippen LogP contribution in [0.3, 0.4) is 0 Å². The van der Waals surface area contributed by atoms with Gasteiger partial charge < -0.3 is 4.74 Å². The third kappa shape index (κ3) is 3.87. The summed E-state index contributed by atoms with van der Waals surface area (Å²) in [5.74, 6) is 0.896. The Labute approximate surface area is 125 Å². The minimum atomic E-state index is -3.09. The van der Waals surface area contributed by atoms with Gasteiger partial charge in [-0.15, -0.1) is 0 Å². The zero-order chi connectivity index (χ0) is 14.6. The van der Waals surface area contributed by atoms with Crippen LogP contribution in [0.1, 0.15) is 26.2 Å². The van der Waals surface area contributed by atoms with E-state index in [1.54, 1.807) is 10.4 Å². The molecule has 0 unspecified atom stereocenters. The predicted molar refractivity (Wildman–Crippen MR) is 80.8 cm³/mol. The summed E-state index contributed by atoms with van der Waals surface area (Å²) in [6, 6.07) is 7.36. The highest BCUT2D eigenvalue weighted by Crippen LogP contribution is 2.27. The SMILES string of the molecule is CCCS(=O)(=O)N1CCC(Oc2ccccc2Cl)CC1. The van der Waals surface area contributed by atoms with Gasteiger partial charge in [0.1, 0.15) is 11.9 Å². The molecular weight excluding hydrogens is 298 g/mol. The van der Waals surface area contributed by atoms with Crippen molar-refractivity contribution in [3.05, 3.63) is 29.3 Å². The van der Waals surface area contributed by atoms with Crippen molar-refractivity contribution < 1.29 is 13.2 Å². The highest BCUT2D eigenvalue weighted by Gasteiger charge is 2.28. The van der Waals surface area contributed by atoms with Crippen LogP contribution >= 0.6 is 11.6 Å². The Morgan fingerprint density at radius 1 is 1.30 bits per heavy atom. The van der Waals surface area contributed by atoms with Crippen LogP contribution in [0, 0.1) is 0 Å². The molecule has 0 aliphatic carbocycles. The van der Waals surface area contributed by atoms with Gasteiger partial charge in [-0.05, 0) is 31.4 Å². The smallest absolute Gasteiger partial charge is 0.214 e. The molecule has 0 spiro atoms. The van der Waals surface area contributed by atoms with E-state index in [4.69, 9.17) is 16.3 Å². The zero-order valence-corrected chi connectivity index (χ0v) is 13.2. The fourth-order valence-corrected chi connectivity index (χ4v) is 4.06. The summed E-state index contributed by atoms with van der Waals surface area (Å²) >= 11 is 6.05. The zero-order valence-electron chi connectivity index (χ0n) is 11.6. The number of benzene rings is 1. The molecule has 6 heteroatoms. The molecule has 2 rings (SSSR count). The first-order chi connectivity index (χ1) is 9.53. The Bertz CT molecular complexity index is 539. The molecule has 1 aliphatic rings. The quantitative estimate of drug-likeness (QED) is 0.839. The van der Waals surface area contributed by atoms with Crippen LogP contribution in [0.2, 0.25) is 5.02 Å². The van der Waals surface area contributed by atoms with E-state index in [-0.39, 0.29) is 11.9 Å². The second-order valence-electron chi connectivity index (χ2n) is 4.96. The van der Waals surface area contributed by atoms with Crippen LogP contribution in [-0.2, 0) is 10.0 Å². The molecule has 0 amide bonds. The summed E-state index contributed by atoms with van der Waals surface area (Å²) in [6.45, 7) is 2.93. The Balaban J connectivity index is 1.91. The highest BCUT2D eigenvalue weighted by atomic mass is 35.5. The molecule has 1 heterocycles. The maximum atomic E-state index is 12.0. The lowest BCUT2D eigenvalue weighted by molar-refractivity contribution is 0.135. The fraction of sp³-hybridized carbons (Fsp3) is 0.571. The van der Waals surface area contributed by atoms with Crippen LogP contribution in [0.15, 0.2) is 24.3 Å². The third-order valence-electron chi connectivity index (χ3n) is 3.39. The first-order valence-electron chi connectivity index (χ1n) is 6.92. The maximum Gasteiger partial charge on any atom is 0.214 e. The fourth-order valence-electron chi connectivity index (χ4n) is 2.34. The minimum Gasteiger partial charge on any atom is -0.489 e. The lowest BCUT2D eigenvalue weighted by atomic mass is 10.1. The van der Waals surface area contributed by atoms with Gasteiger partial charge in [0, 0.05) is 13.1 Å². The monoisotopic (exact) mass is 317 g/mol. The topological polar surface area (TPSA) is 46.6 Å². The average molecular weight is 318 g/mol. The summed E-state index contributed by atoms with van der Waals surface area (Å²) in [7, 11) is -3.09. The second kappa shape index (κ2) is 6.78. The van der Waals surface area contributed by atoms with Gasteiger partial charge in [-0.3, -0.25) is 0 Å². The molecule has 1 aliphatic heterocycles. The number of ether oxygens (including phenoxy) is 1. The van der Waals surface area contributed by atoms with Gasteiger partial charge in [-0.1, -0.05) is 30.7 Å². The van der Waals surface area contributed by atoms with Crippen molar-refractivity contribution in [2.24, 2.45) is 0 Å². The Hall–Kier alpha value is -0.780. The van der Waals surface area contributed by atoms with Gasteiger partial charge in [-0.2, -0.15) is 0 Å². The molecule has 1 saturated heterocycles. The lowest BCUT2D eigenvalue weighted by Gasteiger charge is -2.31. The molecule has 20 heavy (non-hydrogen) atoms. The van der Waals surface area contributed by atoms with Gasteiger partial charge in [0.05, 0.1) is 10.8 Å². The van der Waals surface area contributed by atoms with Gasteiger partial charge in [0.2, 0.25) is 10.0 Å². The normalized spacial score (nSPS) is 18.1. The van der Waals surface area contributed by atoms with E-state index in [1.165, 1.54) is 0 Å². The van der Waals surface area contributed by atoms with E-state index in [0.29, 0.717) is 43.1 Å². The Morgan fingerprint density at radius 2 is 1.95 bits per heavy atom. The van der Waals surface area contributed by atoms with Crippen molar-refractivity contribution in [2.75, 3.05) is 18.8 Å². The maximum absolute atomic E-state index is 12.0. The Morgan fingerprint density at radius 3 is 2.55 bits per heavy atom. The summed E-state index contributed by atoms with van der Waals surface area (Å²) in [5.41, 5.74) is 0. The molecule has 0 radical (unpaired) electrons. The van der Waals surface area contributed by atoms with Crippen molar-refractivity contribution in [1.82, 2.24) is 4.31 Å². The van der Waals surface area contributed by atoms with Gasteiger partial charge >= 0.3 is 0 Å². The third-order valence-corrected chi connectivity index (χ3v) is 5.78. The summed E-state index contributed by atoms with van der Waals surface area (Å²) in [5, 5.41) is 0.591. The molecule has 1 fully saturated rings. The number of piperidine rings is 1. The first kappa shape index (κ1) is 15.6. The van der Waals surface area contributed by atoms with Crippen molar-refractivity contribution >= 4 is 21.6 Å². The van der Waals surface area contributed by atoms with E-state index >= 15 is 0 Å². The van der Waals surface area contributed by atoms with Crippen molar-refractivity contribution in [3.63, 3.8) is 0 Å². The number of hydrogen-bond donors (Lipinski definition) is 0. The molecule has 0 saturated carbocycles. The molecule has 0 bridgehead atoms. The number of halogens is 1. The molecule has 112 valence electrons. The van der Waals surface area contributed by atoms with E-state index in [1.807, 2.05) is 25.1 Å². The van der Waals surface area contributed by atoms with E-state index in [0.717, 1.165) is 0 Å². The molecule has 1 aromatic rings. The number of para-hydroxylation sites is 1. The summed E-state index contributed by atoms with van der Waals surface area (Å²) in [4.78, 5) is 0. The average Bonchev–Trinajstić information content (AvgIpc) is 2.42. The lowest BCUT2D eigenvalue weighted by Crippen LogP contribution is -2.42. The van der Waals surface area contributed by atoms with Crippen molar-refractivity contribution in [2.45, 2.75) is 32.3 Å². The number of hydrogen-bond acceptors (Lipinski definition) is 3. The minimum absolute atomic E-state index is 0.0305. The second-order valence-corrected chi connectivity index (χ2v) is 7.46. The first-order valence-corrected chi connectivity index (χ1v) is 8.90. The van der Waals surface area contributed by atoms with Gasteiger partial charge in [0.15, 0.2) is 0 Å². The largest absolute Gasteiger partial charge is 0.489 e. The predicted octanol–water partition coefficient (Wildman–Crippen LogP) is 2.92. The van der Waals surface area contributed by atoms with Crippen molar-refractivity contribution in [3.8, 4) is 5.75 Å². The van der Waals surface area contributed by atoms with E-state index < -0.39 is 10.0 Å². The van der Waals surface area contributed by atoms with Crippen LogP contribution in [-0.4, -0.2) is 37.7 Å². The molecule has 4 nitrogen and oxygen atoms in total. The summed E-state index contributed by atoms with van der Waals surface area (Å²) in [6.07, 6.45) is 2.09. The van der Waals surface area contributed by atoms with Gasteiger partial charge in [0.25, 0.3) is 0 Å². The highest BCUT2D eigenvalue weighted by molar-refractivity contribution is 7.89. The van der Waals surface area contributed by atoms with Crippen LogP contribution < -0.4 is 4.74 Å². The van der Waals surface area contributed by atoms with Crippen molar-refractivity contribution in [1.29, 1.82) is 0 Å². The van der Waals surface area contributed by atoms with Crippen LogP contribution in [0.5, 0.6) is 5.75 Å². The van der Waals surface area contributed by atoms with E-state index in [2.05, 4.69) is 0 Å². The number of rotatable bonds is 5. The molecule has 0 atom stereocenters. The molecule has 0 N–H and O–H groups in total. The molecule has 0 aromatic heterocycles.